The number of aromatic nitrogens is 1. The van der Waals surface area contributed by atoms with E-state index in [-0.39, 0.29) is 18.5 Å². The third-order valence-corrected chi connectivity index (χ3v) is 2.67. The molecule has 0 spiro atoms. The van der Waals surface area contributed by atoms with E-state index in [1.165, 1.54) is 0 Å². The molecule has 1 amide bonds. The standard InChI is InChI=1S/C13H17N3O/c1-4-7-15-10-13(17)16(3)11(2)12-5-8-14-9-6-12/h1,5-6,8-9,11,15H,7,10H2,2-3H3. The lowest BCUT2D eigenvalue weighted by Crippen LogP contribution is -2.37. The Kier molecular flexibility index (Phi) is 5.18. The van der Waals surface area contributed by atoms with E-state index in [4.69, 9.17) is 6.42 Å². The van der Waals surface area contributed by atoms with Crippen LogP contribution < -0.4 is 5.32 Å². The summed E-state index contributed by atoms with van der Waals surface area (Å²) >= 11 is 0. The number of carbonyl (C=O) groups is 1. The zero-order valence-electron chi connectivity index (χ0n) is 10.2. The Morgan fingerprint density at radius 3 is 2.82 bits per heavy atom. The summed E-state index contributed by atoms with van der Waals surface area (Å²) in [5, 5.41) is 2.88. The largest absolute Gasteiger partial charge is 0.338 e. The monoisotopic (exact) mass is 231 g/mol. The molecule has 17 heavy (non-hydrogen) atoms. The van der Waals surface area contributed by atoms with E-state index in [0.717, 1.165) is 5.56 Å². The normalized spacial score (nSPS) is 11.6. The second kappa shape index (κ2) is 6.66. The zero-order chi connectivity index (χ0) is 12.7. The molecule has 0 fully saturated rings. The minimum Gasteiger partial charge on any atom is -0.338 e. The van der Waals surface area contributed by atoms with Crippen LogP contribution >= 0.6 is 0 Å². The quantitative estimate of drug-likeness (QED) is 0.603. The van der Waals surface area contributed by atoms with Gasteiger partial charge < -0.3 is 4.90 Å². The van der Waals surface area contributed by atoms with Gasteiger partial charge >= 0.3 is 0 Å². The molecule has 4 nitrogen and oxygen atoms in total. The predicted octanol–water partition coefficient (Wildman–Crippen LogP) is 0.824. The molecular weight excluding hydrogens is 214 g/mol. The molecule has 1 aromatic heterocycles. The number of likely N-dealkylation sites (N-methyl/N-ethyl adjacent to an activating group) is 1. The zero-order valence-corrected chi connectivity index (χ0v) is 10.2. The maximum Gasteiger partial charge on any atom is 0.236 e. The Balaban J connectivity index is 2.55. The van der Waals surface area contributed by atoms with E-state index < -0.39 is 0 Å². The summed E-state index contributed by atoms with van der Waals surface area (Å²) in [6.07, 6.45) is 8.54. The second-order valence-corrected chi connectivity index (χ2v) is 3.77. The Morgan fingerprint density at radius 2 is 2.24 bits per heavy atom. The molecule has 0 saturated heterocycles. The molecule has 1 atom stereocenters. The number of nitrogens with one attached hydrogen (secondary N) is 1. The molecule has 1 N–H and O–H groups in total. The summed E-state index contributed by atoms with van der Waals surface area (Å²) < 4.78 is 0. The molecule has 0 bridgehead atoms. The molecule has 0 saturated carbocycles. The Hall–Kier alpha value is -1.86. The summed E-state index contributed by atoms with van der Waals surface area (Å²) in [5.74, 6) is 2.45. The number of hydrogen-bond acceptors (Lipinski definition) is 3. The number of rotatable bonds is 5. The number of amides is 1. The minimum absolute atomic E-state index is 0.0181. The first kappa shape index (κ1) is 13.2. The lowest BCUT2D eigenvalue weighted by molar-refractivity contribution is -0.130. The van der Waals surface area contributed by atoms with Crippen LogP contribution in [0.1, 0.15) is 18.5 Å². The van der Waals surface area contributed by atoms with E-state index in [2.05, 4.69) is 16.2 Å². The molecule has 0 aromatic carbocycles. The van der Waals surface area contributed by atoms with E-state index in [1.807, 2.05) is 19.1 Å². The predicted molar refractivity (Wildman–Crippen MR) is 67.1 cm³/mol. The number of nitrogens with zero attached hydrogens (tertiary/aromatic N) is 2. The van der Waals surface area contributed by atoms with Crippen molar-refractivity contribution in [3.05, 3.63) is 30.1 Å². The van der Waals surface area contributed by atoms with E-state index in [1.54, 1.807) is 24.3 Å². The highest BCUT2D eigenvalue weighted by Gasteiger charge is 2.16. The van der Waals surface area contributed by atoms with E-state index in [9.17, 15) is 4.79 Å². The van der Waals surface area contributed by atoms with Gasteiger partial charge in [0.1, 0.15) is 0 Å². The molecule has 90 valence electrons. The number of carbonyl (C=O) groups excluding carboxylic acids is 1. The van der Waals surface area contributed by atoms with Crippen LogP contribution in [-0.4, -0.2) is 35.9 Å². The molecule has 1 rings (SSSR count). The van der Waals surface area contributed by atoms with Crippen LogP contribution in [-0.2, 0) is 4.79 Å². The topological polar surface area (TPSA) is 45.2 Å². The van der Waals surface area contributed by atoms with Gasteiger partial charge in [0.15, 0.2) is 0 Å². The van der Waals surface area contributed by atoms with Gasteiger partial charge in [-0.1, -0.05) is 5.92 Å². The first-order valence-electron chi connectivity index (χ1n) is 5.46. The molecule has 4 heteroatoms. The third kappa shape index (κ3) is 3.89. The first-order chi connectivity index (χ1) is 8.16. The van der Waals surface area contributed by atoms with Crippen molar-refractivity contribution in [2.24, 2.45) is 0 Å². The highest BCUT2D eigenvalue weighted by Crippen LogP contribution is 2.17. The van der Waals surface area contributed by atoms with Crippen molar-refractivity contribution in [2.75, 3.05) is 20.1 Å². The third-order valence-electron chi connectivity index (χ3n) is 2.67. The van der Waals surface area contributed by atoms with Crippen LogP contribution in [0.3, 0.4) is 0 Å². The molecule has 1 heterocycles. The highest BCUT2D eigenvalue weighted by molar-refractivity contribution is 5.78. The number of terminal acetylenes is 1. The molecule has 1 aromatic rings. The fraction of sp³-hybridized carbons (Fsp3) is 0.385. The van der Waals surface area contributed by atoms with Gasteiger partial charge in [-0.2, -0.15) is 0 Å². The van der Waals surface area contributed by atoms with Crippen molar-refractivity contribution in [1.29, 1.82) is 0 Å². The van der Waals surface area contributed by atoms with Crippen LogP contribution in [0.5, 0.6) is 0 Å². The van der Waals surface area contributed by atoms with Gasteiger partial charge in [0.25, 0.3) is 0 Å². The van der Waals surface area contributed by atoms with Crippen LogP contribution in [0.4, 0.5) is 0 Å². The van der Waals surface area contributed by atoms with Crippen LogP contribution in [0.2, 0.25) is 0 Å². The Morgan fingerprint density at radius 1 is 1.59 bits per heavy atom. The van der Waals surface area contributed by atoms with Crippen molar-refractivity contribution in [2.45, 2.75) is 13.0 Å². The van der Waals surface area contributed by atoms with Crippen LogP contribution in [0.15, 0.2) is 24.5 Å². The van der Waals surface area contributed by atoms with Gasteiger partial charge in [-0.05, 0) is 24.6 Å². The first-order valence-corrected chi connectivity index (χ1v) is 5.46. The number of hydrogen-bond donors (Lipinski definition) is 1. The molecular formula is C13H17N3O. The van der Waals surface area contributed by atoms with Crippen molar-refractivity contribution in [3.63, 3.8) is 0 Å². The van der Waals surface area contributed by atoms with Gasteiger partial charge in [0.05, 0.1) is 19.1 Å². The summed E-state index contributed by atoms with van der Waals surface area (Å²) in [5.41, 5.74) is 1.06. The maximum absolute atomic E-state index is 11.8. The minimum atomic E-state index is 0.0181. The Labute approximate surface area is 102 Å². The van der Waals surface area contributed by atoms with E-state index >= 15 is 0 Å². The molecule has 0 aliphatic carbocycles. The van der Waals surface area contributed by atoms with Crippen LogP contribution in [0.25, 0.3) is 0 Å². The molecule has 1 unspecified atom stereocenters. The fourth-order valence-corrected chi connectivity index (χ4v) is 1.45. The fourth-order valence-electron chi connectivity index (χ4n) is 1.45. The van der Waals surface area contributed by atoms with Crippen molar-refractivity contribution < 1.29 is 4.79 Å². The Bertz CT molecular complexity index is 397. The van der Waals surface area contributed by atoms with Gasteiger partial charge in [-0.25, -0.2) is 0 Å². The van der Waals surface area contributed by atoms with Crippen LogP contribution in [0, 0.1) is 12.3 Å². The average molecular weight is 231 g/mol. The van der Waals surface area contributed by atoms with Crippen molar-refractivity contribution >= 4 is 5.91 Å². The molecule has 0 aliphatic heterocycles. The van der Waals surface area contributed by atoms with Crippen molar-refractivity contribution in [1.82, 2.24) is 15.2 Å². The highest BCUT2D eigenvalue weighted by atomic mass is 16.2. The van der Waals surface area contributed by atoms with Crippen molar-refractivity contribution in [3.8, 4) is 12.3 Å². The van der Waals surface area contributed by atoms with Gasteiger partial charge in [0, 0.05) is 19.4 Å². The summed E-state index contributed by atoms with van der Waals surface area (Å²) in [6.45, 7) is 2.65. The number of pyridine rings is 1. The average Bonchev–Trinajstić information content (AvgIpc) is 2.38. The summed E-state index contributed by atoms with van der Waals surface area (Å²) in [4.78, 5) is 17.5. The maximum atomic E-state index is 11.8. The molecule has 0 radical (unpaired) electrons. The second-order valence-electron chi connectivity index (χ2n) is 3.77. The van der Waals surface area contributed by atoms with Gasteiger partial charge in [-0.15, -0.1) is 6.42 Å². The summed E-state index contributed by atoms with van der Waals surface area (Å²) in [6, 6.07) is 3.84. The SMILES string of the molecule is C#CCNCC(=O)N(C)C(C)c1ccncc1. The smallest absolute Gasteiger partial charge is 0.236 e. The lowest BCUT2D eigenvalue weighted by atomic mass is 10.1. The summed E-state index contributed by atoms with van der Waals surface area (Å²) in [7, 11) is 1.78. The van der Waals surface area contributed by atoms with Gasteiger partial charge in [0.2, 0.25) is 5.91 Å². The lowest BCUT2D eigenvalue weighted by Gasteiger charge is -2.25. The van der Waals surface area contributed by atoms with E-state index in [0.29, 0.717) is 6.54 Å². The molecule has 0 aliphatic rings. The van der Waals surface area contributed by atoms with Gasteiger partial charge in [-0.3, -0.25) is 15.1 Å².